The third-order valence-corrected chi connectivity index (χ3v) is 4.36. The van der Waals surface area contributed by atoms with Crippen LogP contribution in [0.3, 0.4) is 0 Å². The smallest absolute Gasteiger partial charge is 0.155 e. The number of ketones is 1. The van der Waals surface area contributed by atoms with E-state index in [-0.39, 0.29) is 5.78 Å². The topological polar surface area (TPSA) is 37.3 Å². The predicted molar refractivity (Wildman–Crippen MR) is 93.8 cm³/mol. The summed E-state index contributed by atoms with van der Waals surface area (Å²) in [6.07, 6.45) is 11.5. The van der Waals surface area contributed by atoms with Gasteiger partial charge in [0.25, 0.3) is 0 Å². The molecule has 2 nitrogen and oxygen atoms in total. The van der Waals surface area contributed by atoms with Crippen LogP contribution in [-0.2, 0) is 4.79 Å². The van der Waals surface area contributed by atoms with Crippen molar-refractivity contribution in [3.8, 4) is 0 Å². The summed E-state index contributed by atoms with van der Waals surface area (Å²) >= 11 is 0. The molecule has 22 heavy (non-hydrogen) atoms. The molecule has 0 fully saturated rings. The normalized spacial score (nSPS) is 30.4. The van der Waals surface area contributed by atoms with E-state index in [0.717, 1.165) is 37.7 Å². The number of aliphatic hydroxyl groups is 1. The van der Waals surface area contributed by atoms with Gasteiger partial charge in [-0.05, 0) is 77.4 Å². The van der Waals surface area contributed by atoms with E-state index in [1.807, 2.05) is 19.9 Å². The lowest BCUT2D eigenvalue weighted by Gasteiger charge is -2.23. The van der Waals surface area contributed by atoms with Gasteiger partial charge in [-0.2, -0.15) is 0 Å². The average Bonchev–Trinajstić information content (AvgIpc) is 2.35. The Bertz CT molecular complexity index is 472. The molecule has 0 aromatic carbocycles. The van der Waals surface area contributed by atoms with E-state index in [0.29, 0.717) is 12.3 Å². The van der Waals surface area contributed by atoms with Gasteiger partial charge in [0.15, 0.2) is 5.78 Å². The molecular formula is C20H32O2. The molecule has 0 aromatic heterocycles. The van der Waals surface area contributed by atoms with Crippen LogP contribution in [0.5, 0.6) is 0 Å². The summed E-state index contributed by atoms with van der Waals surface area (Å²) in [5, 5.41) is 10.3. The molecule has 0 bridgehead atoms. The maximum Gasteiger partial charge on any atom is 0.155 e. The van der Waals surface area contributed by atoms with Crippen LogP contribution in [0.25, 0.3) is 0 Å². The molecule has 1 atom stereocenters. The average molecular weight is 304 g/mol. The Morgan fingerprint density at radius 2 is 1.73 bits per heavy atom. The highest BCUT2D eigenvalue weighted by atomic mass is 16.3. The van der Waals surface area contributed by atoms with E-state index in [1.54, 1.807) is 0 Å². The van der Waals surface area contributed by atoms with Gasteiger partial charge in [0.05, 0.1) is 5.60 Å². The molecule has 2 heteroatoms. The summed E-state index contributed by atoms with van der Waals surface area (Å²) in [4.78, 5) is 12.1. The van der Waals surface area contributed by atoms with E-state index < -0.39 is 5.60 Å². The molecule has 1 aliphatic rings. The molecule has 0 heterocycles. The second-order valence-corrected chi connectivity index (χ2v) is 7.42. The van der Waals surface area contributed by atoms with Gasteiger partial charge in [-0.25, -0.2) is 0 Å². The van der Waals surface area contributed by atoms with Crippen LogP contribution in [0.2, 0.25) is 0 Å². The molecule has 0 spiro atoms. The van der Waals surface area contributed by atoms with Crippen molar-refractivity contribution in [1.82, 2.24) is 0 Å². The summed E-state index contributed by atoms with van der Waals surface area (Å²) in [7, 11) is 0. The Morgan fingerprint density at radius 3 is 2.36 bits per heavy atom. The Kier molecular flexibility index (Phi) is 7.28. The van der Waals surface area contributed by atoms with Crippen LogP contribution in [0, 0.1) is 5.92 Å². The fourth-order valence-electron chi connectivity index (χ4n) is 2.82. The van der Waals surface area contributed by atoms with Crippen LogP contribution < -0.4 is 0 Å². The lowest BCUT2D eigenvalue weighted by molar-refractivity contribution is -0.115. The highest BCUT2D eigenvalue weighted by Gasteiger charge is 2.20. The second kappa shape index (κ2) is 8.47. The van der Waals surface area contributed by atoms with Crippen molar-refractivity contribution in [2.45, 2.75) is 78.7 Å². The van der Waals surface area contributed by atoms with Crippen molar-refractivity contribution in [1.29, 1.82) is 0 Å². The fourth-order valence-corrected chi connectivity index (χ4v) is 2.82. The molecule has 0 radical (unpaired) electrons. The maximum absolute atomic E-state index is 12.1. The monoisotopic (exact) mass is 304 g/mol. The lowest BCUT2D eigenvalue weighted by atomic mass is 9.88. The molecule has 1 N–H and O–H groups in total. The lowest BCUT2D eigenvalue weighted by Crippen LogP contribution is -2.22. The van der Waals surface area contributed by atoms with Crippen LogP contribution >= 0.6 is 0 Å². The molecule has 0 aliphatic heterocycles. The molecule has 0 unspecified atom stereocenters. The fraction of sp³-hybridized carbons (Fsp3) is 0.650. The molecule has 0 saturated heterocycles. The molecular weight excluding hydrogens is 272 g/mol. The zero-order valence-electron chi connectivity index (χ0n) is 14.9. The highest BCUT2D eigenvalue weighted by Crippen LogP contribution is 2.25. The van der Waals surface area contributed by atoms with E-state index in [2.05, 4.69) is 32.9 Å². The first-order chi connectivity index (χ1) is 10.2. The Hall–Kier alpha value is -1.15. The molecule has 124 valence electrons. The molecule has 1 aliphatic carbocycles. The molecule has 1 rings (SSSR count). The van der Waals surface area contributed by atoms with Gasteiger partial charge >= 0.3 is 0 Å². The van der Waals surface area contributed by atoms with Crippen LogP contribution in [0.15, 0.2) is 34.9 Å². The number of carbonyl (C=O) groups is 1. The SMILES string of the molecule is C/C1=C/C=C(/C(C)(C)O)CC[C@H](C)CC(=O)/C=C(/C)CCC1. The largest absolute Gasteiger partial charge is 0.386 e. The number of allylic oxidation sites excluding steroid dienone is 5. The summed E-state index contributed by atoms with van der Waals surface area (Å²) in [6.45, 7) is 9.99. The van der Waals surface area contributed by atoms with E-state index in [4.69, 9.17) is 0 Å². The summed E-state index contributed by atoms with van der Waals surface area (Å²) in [5.41, 5.74) is 2.77. The number of rotatable bonds is 1. The van der Waals surface area contributed by atoms with Crippen molar-refractivity contribution in [3.63, 3.8) is 0 Å². The minimum Gasteiger partial charge on any atom is -0.386 e. The third kappa shape index (κ3) is 7.22. The Labute approximate surface area is 136 Å². The number of carbonyl (C=O) groups excluding carboxylic acids is 1. The molecule has 0 aromatic rings. The third-order valence-electron chi connectivity index (χ3n) is 4.36. The first-order valence-corrected chi connectivity index (χ1v) is 8.47. The predicted octanol–water partition coefficient (Wildman–Crippen LogP) is 5.14. The Morgan fingerprint density at radius 1 is 1.09 bits per heavy atom. The maximum atomic E-state index is 12.1. The first kappa shape index (κ1) is 18.9. The van der Waals surface area contributed by atoms with E-state index in [9.17, 15) is 9.90 Å². The minimum absolute atomic E-state index is 0.239. The van der Waals surface area contributed by atoms with Gasteiger partial charge in [0.1, 0.15) is 0 Å². The zero-order chi connectivity index (χ0) is 16.8. The summed E-state index contributed by atoms with van der Waals surface area (Å²) in [6, 6.07) is 0. The van der Waals surface area contributed by atoms with E-state index >= 15 is 0 Å². The van der Waals surface area contributed by atoms with Gasteiger partial charge < -0.3 is 5.11 Å². The number of hydrogen-bond donors (Lipinski definition) is 1. The summed E-state index contributed by atoms with van der Waals surface area (Å²) < 4.78 is 0. The van der Waals surface area contributed by atoms with Crippen LogP contribution in [0.1, 0.15) is 73.1 Å². The molecule has 0 saturated carbocycles. The van der Waals surface area contributed by atoms with Crippen molar-refractivity contribution < 1.29 is 9.90 Å². The van der Waals surface area contributed by atoms with E-state index in [1.165, 1.54) is 11.1 Å². The van der Waals surface area contributed by atoms with Crippen molar-refractivity contribution in [2.24, 2.45) is 5.92 Å². The van der Waals surface area contributed by atoms with Gasteiger partial charge in [0.2, 0.25) is 0 Å². The Balaban J connectivity index is 2.96. The van der Waals surface area contributed by atoms with Gasteiger partial charge in [0, 0.05) is 6.42 Å². The summed E-state index contributed by atoms with van der Waals surface area (Å²) in [5.74, 6) is 0.582. The standard InChI is InChI=1S/C20H32O2/c1-15-7-6-8-16(2)13-19(21)14-17(3)10-12-18(11-9-15)20(4,5)22/h9,11,13,17,22H,6-8,10,12,14H2,1-5H3/b15-9-,16-13-,18-11+/t17-/m0/s1. The van der Waals surface area contributed by atoms with Crippen LogP contribution in [-0.4, -0.2) is 16.5 Å². The van der Waals surface area contributed by atoms with Gasteiger partial charge in [-0.3, -0.25) is 4.79 Å². The highest BCUT2D eigenvalue weighted by molar-refractivity contribution is 5.90. The van der Waals surface area contributed by atoms with Crippen molar-refractivity contribution >= 4 is 5.78 Å². The van der Waals surface area contributed by atoms with Crippen LogP contribution in [0.4, 0.5) is 0 Å². The zero-order valence-corrected chi connectivity index (χ0v) is 14.9. The van der Waals surface area contributed by atoms with Crippen molar-refractivity contribution in [3.05, 3.63) is 34.9 Å². The quantitative estimate of drug-likeness (QED) is 0.728. The van der Waals surface area contributed by atoms with Gasteiger partial charge in [-0.15, -0.1) is 0 Å². The number of hydrogen-bond acceptors (Lipinski definition) is 2. The first-order valence-electron chi connectivity index (χ1n) is 8.47. The molecule has 0 amide bonds. The van der Waals surface area contributed by atoms with Gasteiger partial charge in [-0.1, -0.05) is 30.2 Å². The minimum atomic E-state index is -0.798. The van der Waals surface area contributed by atoms with Crippen molar-refractivity contribution in [2.75, 3.05) is 0 Å². The second-order valence-electron chi connectivity index (χ2n) is 7.42.